The van der Waals surface area contributed by atoms with Gasteiger partial charge in [0.05, 0.1) is 17.9 Å². The largest absolute Gasteiger partial charge is 0.416 e. The fourth-order valence-electron chi connectivity index (χ4n) is 1.74. The minimum Gasteiger partial charge on any atom is -0.388 e. The standard InChI is InChI=1S/C15H16F3N3O2S/c1-22-7-6-13(19)21-23-8-12-9-24-14(20-12)10-2-4-11(5-3-10)15(16,17)18/h2-5,9H,6-8H2,1H3,(H2,19,21). The Bertz CT molecular complexity index is 684. The van der Waals surface area contributed by atoms with Gasteiger partial charge < -0.3 is 15.3 Å². The third kappa shape index (κ3) is 5.20. The van der Waals surface area contributed by atoms with E-state index < -0.39 is 11.7 Å². The van der Waals surface area contributed by atoms with E-state index in [0.717, 1.165) is 12.1 Å². The number of halogens is 3. The lowest BCUT2D eigenvalue weighted by Gasteiger charge is -2.06. The highest BCUT2D eigenvalue weighted by Crippen LogP contribution is 2.31. The number of thiazole rings is 1. The summed E-state index contributed by atoms with van der Waals surface area (Å²) in [4.78, 5) is 9.40. The monoisotopic (exact) mass is 359 g/mol. The van der Waals surface area contributed by atoms with Gasteiger partial charge in [0.2, 0.25) is 0 Å². The third-order valence-electron chi connectivity index (χ3n) is 2.97. The highest BCUT2D eigenvalue weighted by Gasteiger charge is 2.30. The van der Waals surface area contributed by atoms with Gasteiger partial charge in [0, 0.05) is 24.5 Å². The molecule has 0 saturated heterocycles. The summed E-state index contributed by atoms with van der Waals surface area (Å²) in [5, 5.41) is 6.10. The van der Waals surface area contributed by atoms with E-state index in [9.17, 15) is 13.2 Å². The number of nitrogens with zero attached hydrogens (tertiary/aromatic N) is 2. The summed E-state index contributed by atoms with van der Waals surface area (Å²) in [5.41, 5.74) is 6.15. The van der Waals surface area contributed by atoms with Crippen molar-refractivity contribution in [3.05, 3.63) is 40.9 Å². The average molecular weight is 359 g/mol. The first-order valence-electron chi connectivity index (χ1n) is 6.95. The lowest BCUT2D eigenvalue weighted by molar-refractivity contribution is -0.137. The first-order chi connectivity index (χ1) is 11.4. The minimum absolute atomic E-state index is 0.130. The van der Waals surface area contributed by atoms with E-state index in [4.69, 9.17) is 15.3 Å². The molecule has 130 valence electrons. The van der Waals surface area contributed by atoms with Crippen LogP contribution in [0.5, 0.6) is 0 Å². The number of ether oxygens (including phenoxy) is 1. The molecule has 2 rings (SSSR count). The lowest BCUT2D eigenvalue weighted by atomic mass is 10.1. The molecule has 0 saturated carbocycles. The summed E-state index contributed by atoms with van der Waals surface area (Å²) < 4.78 is 42.5. The molecule has 0 bridgehead atoms. The summed E-state index contributed by atoms with van der Waals surface area (Å²) in [7, 11) is 1.56. The smallest absolute Gasteiger partial charge is 0.388 e. The second-order valence-corrected chi connectivity index (χ2v) is 5.68. The lowest BCUT2D eigenvalue weighted by Crippen LogP contribution is -2.14. The van der Waals surface area contributed by atoms with Crippen LogP contribution in [0.15, 0.2) is 34.8 Å². The fourth-order valence-corrected chi connectivity index (χ4v) is 2.55. The van der Waals surface area contributed by atoms with Crippen molar-refractivity contribution in [3.8, 4) is 10.6 Å². The molecular weight excluding hydrogens is 343 g/mol. The van der Waals surface area contributed by atoms with E-state index in [1.54, 1.807) is 12.5 Å². The van der Waals surface area contributed by atoms with Crippen molar-refractivity contribution < 1.29 is 22.7 Å². The van der Waals surface area contributed by atoms with Gasteiger partial charge >= 0.3 is 6.18 Å². The molecule has 9 heteroatoms. The first-order valence-corrected chi connectivity index (χ1v) is 7.83. The van der Waals surface area contributed by atoms with Crippen LogP contribution < -0.4 is 5.73 Å². The zero-order chi connectivity index (χ0) is 17.6. The maximum Gasteiger partial charge on any atom is 0.416 e. The molecule has 0 fully saturated rings. The quantitative estimate of drug-likeness (QED) is 0.465. The maximum atomic E-state index is 12.5. The SMILES string of the molecule is COCC/C(N)=N/OCc1csc(-c2ccc(C(F)(F)F)cc2)n1. The Balaban J connectivity index is 1.95. The Labute approximate surface area is 140 Å². The Morgan fingerprint density at radius 2 is 2.00 bits per heavy atom. The molecule has 1 aromatic carbocycles. The Kier molecular flexibility index (Phi) is 6.16. The summed E-state index contributed by atoms with van der Waals surface area (Å²) in [5.74, 6) is 0.315. The van der Waals surface area contributed by atoms with Crippen LogP contribution in [0.3, 0.4) is 0 Å². The number of alkyl halides is 3. The van der Waals surface area contributed by atoms with Gasteiger partial charge in [-0.1, -0.05) is 17.3 Å². The summed E-state index contributed by atoms with van der Waals surface area (Å²) in [6.07, 6.45) is -3.88. The van der Waals surface area contributed by atoms with Gasteiger partial charge in [-0.3, -0.25) is 0 Å². The van der Waals surface area contributed by atoms with Crippen molar-refractivity contribution in [2.75, 3.05) is 13.7 Å². The van der Waals surface area contributed by atoms with Gasteiger partial charge in [0.15, 0.2) is 6.61 Å². The van der Waals surface area contributed by atoms with Crippen LogP contribution in [0, 0.1) is 0 Å². The number of hydrogen-bond donors (Lipinski definition) is 1. The molecule has 2 N–H and O–H groups in total. The van der Waals surface area contributed by atoms with Crippen LogP contribution in [0.2, 0.25) is 0 Å². The van der Waals surface area contributed by atoms with Gasteiger partial charge in [-0.25, -0.2) is 4.98 Å². The van der Waals surface area contributed by atoms with Gasteiger partial charge in [0.1, 0.15) is 10.8 Å². The summed E-state index contributed by atoms with van der Waals surface area (Å²) in [6.45, 7) is 0.582. The first kappa shape index (κ1) is 18.2. The molecule has 0 aliphatic heterocycles. The van der Waals surface area contributed by atoms with Crippen LogP contribution in [-0.2, 0) is 22.4 Å². The molecule has 0 spiro atoms. The van der Waals surface area contributed by atoms with Gasteiger partial charge in [-0.15, -0.1) is 11.3 Å². The van der Waals surface area contributed by atoms with Crippen molar-refractivity contribution in [2.45, 2.75) is 19.2 Å². The van der Waals surface area contributed by atoms with Gasteiger partial charge in [0.25, 0.3) is 0 Å². The molecule has 0 amide bonds. The highest BCUT2D eigenvalue weighted by atomic mass is 32.1. The predicted molar refractivity (Wildman–Crippen MR) is 85.5 cm³/mol. The second-order valence-electron chi connectivity index (χ2n) is 4.82. The van der Waals surface area contributed by atoms with Gasteiger partial charge in [-0.05, 0) is 12.1 Å². The van der Waals surface area contributed by atoms with Crippen molar-refractivity contribution >= 4 is 17.2 Å². The zero-order valence-electron chi connectivity index (χ0n) is 12.8. The number of amidine groups is 1. The third-order valence-corrected chi connectivity index (χ3v) is 3.91. The minimum atomic E-state index is -4.35. The normalized spacial score (nSPS) is 12.4. The maximum absolute atomic E-state index is 12.5. The Hall–Kier alpha value is -2.13. The van der Waals surface area contributed by atoms with Crippen molar-refractivity contribution in [1.82, 2.24) is 4.98 Å². The predicted octanol–water partition coefficient (Wildman–Crippen LogP) is 3.65. The number of oxime groups is 1. The Morgan fingerprint density at radius 3 is 2.62 bits per heavy atom. The topological polar surface area (TPSA) is 69.7 Å². The molecule has 0 aliphatic carbocycles. The summed E-state index contributed by atoms with van der Waals surface area (Å²) >= 11 is 1.32. The molecule has 5 nitrogen and oxygen atoms in total. The fraction of sp³-hybridized carbons (Fsp3) is 0.333. The van der Waals surface area contributed by atoms with Crippen LogP contribution in [0.1, 0.15) is 17.7 Å². The van der Waals surface area contributed by atoms with E-state index in [1.165, 1.54) is 23.5 Å². The van der Waals surface area contributed by atoms with E-state index in [2.05, 4.69) is 10.1 Å². The van der Waals surface area contributed by atoms with E-state index >= 15 is 0 Å². The number of nitrogens with two attached hydrogens (primary N) is 1. The number of methoxy groups -OCH3 is 1. The summed E-state index contributed by atoms with van der Waals surface area (Å²) in [6, 6.07) is 4.86. The van der Waals surface area contributed by atoms with Crippen LogP contribution in [-0.4, -0.2) is 24.5 Å². The molecule has 0 aliphatic rings. The molecule has 0 atom stereocenters. The van der Waals surface area contributed by atoms with E-state index in [-0.39, 0.29) is 6.61 Å². The highest BCUT2D eigenvalue weighted by molar-refractivity contribution is 7.13. The molecule has 1 aromatic heterocycles. The number of aromatic nitrogens is 1. The zero-order valence-corrected chi connectivity index (χ0v) is 13.7. The van der Waals surface area contributed by atoms with Crippen LogP contribution >= 0.6 is 11.3 Å². The number of benzene rings is 1. The average Bonchev–Trinajstić information content (AvgIpc) is 3.01. The Morgan fingerprint density at radius 1 is 1.29 bits per heavy atom. The molecule has 24 heavy (non-hydrogen) atoms. The van der Waals surface area contributed by atoms with E-state index in [0.29, 0.717) is 35.1 Å². The van der Waals surface area contributed by atoms with Crippen molar-refractivity contribution in [1.29, 1.82) is 0 Å². The van der Waals surface area contributed by atoms with Crippen molar-refractivity contribution in [3.63, 3.8) is 0 Å². The van der Waals surface area contributed by atoms with Crippen molar-refractivity contribution in [2.24, 2.45) is 10.9 Å². The second kappa shape index (κ2) is 8.11. The number of hydrogen-bond acceptors (Lipinski definition) is 5. The number of rotatable bonds is 7. The molecule has 2 aromatic rings. The molecule has 0 radical (unpaired) electrons. The van der Waals surface area contributed by atoms with Crippen LogP contribution in [0.25, 0.3) is 10.6 Å². The van der Waals surface area contributed by atoms with Crippen LogP contribution in [0.4, 0.5) is 13.2 Å². The van der Waals surface area contributed by atoms with Gasteiger partial charge in [-0.2, -0.15) is 13.2 Å². The molecule has 1 heterocycles. The van der Waals surface area contributed by atoms with E-state index in [1.807, 2.05) is 0 Å². The molecule has 0 unspecified atom stereocenters. The molecular formula is C15H16F3N3O2S.